The van der Waals surface area contributed by atoms with E-state index in [9.17, 15) is 18.0 Å². The van der Waals surface area contributed by atoms with E-state index in [4.69, 9.17) is 0 Å². The Morgan fingerprint density at radius 2 is 1.86 bits per heavy atom. The summed E-state index contributed by atoms with van der Waals surface area (Å²) >= 11 is 0. The molecular formula is C16H13F3N2O. The number of nitrogens with one attached hydrogen (secondary N) is 1. The quantitative estimate of drug-likeness (QED) is 0.924. The fraction of sp³-hybridized carbons (Fsp3) is 0.250. The average Bonchev–Trinajstić information content (AvgIpc) is 2.93. The molecule has 1 atom stereocenters. The summed E-state index contributed by atoms with van der Waals surface area (Å²) in [5.41, 5.74) is 0.517. The Hall–Kier alpha value is -2.37. The van der Waals surface area contributed by atoms with Crippen LogP contribution < -0.4 is 5.32 Å². The Bertz CT molecular complexity index is 695. The molecule has 1 N–H and O–H groups in total. The smallest absolute Gasteiger partial charge is 0.355 e. The molecule has 2 heterocycles. The highest BCUT2D eigenvalue weighted by atomic mass is 19.4. The molecule has 6 heteroatoms. The predicted octanol–water partition coefficient (Wildman–Crippen LogP) is 3.37. The van der Waals surface area contributed by atoms with Crippen molar-refractivity contribution in [3.05, 3.63) is 53.7 Å². The molecule has 0 saturated carbocycles. The van der Waals surface area contributed by atoms with Gasteiger partial charge in [0.2, 0.25) is 5.91 Å². The van der Waals surface area contributed by atoms with Gasteiger partial charge in [-0.1, -0.05) is 24.3 Å². The summed E-state index contributed by atoms with van der Waals surface area (Å²) in [6.07, 6.45) is -2.68. The number of carbonyl (C=O) groups is 1. The van der Waals surface area contributed by atoms with Gasteiger partial charge in [-0.05, 0) is 17.7 Å². The number of hydrogen-bond donors (Lipinski definition) is 1. The van der Waals surface area contributed by atoms with Crippen molar-refractivity contribution in [3.8, 4) is 11.3 Å². The van der Waals surface area contributed by atoms with Crippen LogP contribution in [0.1, 0.15) is 23.5 Å². The summed E-state index contributed by atoms with van der Waals surface area (Å²) in [4.78, 5) is 15.1. The molecule has 1 saturated heterocycles. The second-order valence-corrected chi connectivity index (χ2v) is 5.22. The molecular weight excluding hydrogens is 293 g/mol. The number of amides is 1. The molecule has 114 valence electrons. The Kier molecular flexibility index (Phi) is 3.60. The van der Waals surface area contributed by atoms with Gasteiger partial charge in [-0.25, -0.2) is 0 Å². The van der Waals surface area contributed by atoms with Crippen LogP contribution in [0.5, 0.6) is 0 Å². The second-order valence-electron chi connectivity index (χ2n) is 5.22. The minimum atomic E-state index is -4.44. The summed E-state index contributed by atoms with van der Waals surface area (Å²) in [7, 11) is 0. The normalized spacial score (nSPS) is 18.3. The number of aromatic nitrogens is 1. The molecule has 2 aromatic rings. The standard InChI is InChI=1S/C16H13F3N2O/c17-16(18,19)13-2-1-7-20-15(13)11-5-3-10(4-6-11)12-8-14(22)21-9-12/h1-7,12H,8-9H2,(H,21,22). The van der Waals surface area contributed by atoms with Gasteiger partial charge in [0.1, 0.15) is 0 Å². The summed E-state index contributed by atoms with van der Waals surface area (Å²) in [5.74, 6) is 0.0746. The molecule has 1 aliphatic rings. The van der Waals surface area contributed by atoms with Gasteiger partial charge >= 0.3 is 6.18 Å². The lowest BCUT2D eigenvalue weighted by Gasteiger charge is -2.13. The van der Waals surface area contributed by atoms with E-state index in [1.54, 1.807) is 24.3 Å². The van der Waals surface area contributed by atoms with Crippen molar-refractivity contribution in [1.82, 2.24) is 10.3 Å². The third kappa shape index (κ3) is 2.81. The van der Waals surface area contributed by atoms with E-state index in [-0.39, 0.29) is 17.5 Å². The maximum Gasteiger partial charge on any atom is 0.418 e. The molecule has 0 bridgehead atoms. The zero-order valence-electron chi connectivity index (χ0n) is 11.5. The van der Waals surface area contributed by atoms with Gasteiger partial charge in [0.05, 0.1) is 11.3 Å². The second kappa shape index (κ2) is 5.44. The monoisotopic (exact) mass is 306 g/mol. The lowest BCUT2D eigenvalue weighted by atomic mass is 9.96. The lowest BCUT2D eigenvalue weighted by Crippen LogP contribution is -2.13. The van der Waals surface area contributed by atoms with E-state index < -0.39 is 11.7 Å². The van der Waals surface area contributed by atoms with Gasteiger partial charge in [-0.15, -0.1) is 0 Å². The molecule has 0 aliphatic carbocycles. The number of pyridine rings is 1. The predicted molar refractivity (Wildman–Crippen MR) is 75.0 cm³/mol. The molecule has 1 aliphatic heterocycles. The largest absolute Gasteiger partial charge is 0.418 e. The molecule has 22 heavy (non-hydrogen) atoms. The van der Waals surface area contributed by atoms with Crippen LogP contribution in [-0.2, 0) is 11.0 Å². The maximum absolute atomic E-state index is 13.0. The van der Waals surface area contributed by atoms with Crippen LogP contribution in [-0.4, -0.2) is 17.4 Å². The SMILES string of the molecule is O=C1CC(c2ccc(-c3ncccc3C(F)(F)F)cc2)CN1. The Morgan fingerprint density at radius 1 is 1.14 bits per heavy atom. The molecule has 1 fully saturated rings. The highest BCUT2D eigenvalue weighted by molar-refractivity contribution is 5.79. The third-order valence-electron chi connectivity index (χ3n) is 3.75. The van der Waals surface area contributed by atoms with Crippen LogP contribution >= 0.6 is 0 Å². The number of rotatable bonds is 2. The van der Waals surface area contributed by atoms with Crippen molar-refractivity contribution < 1.29 is 18.0 Å². The first-order valence-corrected chi connectivity index (χ1v) is 6.84. The first kappa shape index (κ1) is 14.6. The maximum atomic E-state index is 13.0. The first-order chi connectivity index (χ1) is 10.4. The highest BCUT2D eigenvalue weighted by Gasteiger charge is 2.34. The zero-order valence-corrected chi connectivity index (χ0v) is 11.5. The molecule has 1 aromatic carbocycles. The minimum Gasteiger partial charge on any atom is -0.355 e. The van der Waals surface area contributed by atoms with E-state index in [0.29, 0.717) is 18.5 Å². The summed E-state index contributed by atoms with van der Waals surface area (Å²) in [5, 5.41) is 2.74. The molecule has 1 amide bonds. The lowest BCUT2D eigenvalue weighted by molar-refractivity contribution is -0.137. The topological polar surface area (TPSA) is 42.0 Å². The van der Waals surface area contributed by atoms with Gasteiger partial charge in [0.15, 0.2) is 0 Å². The number of halogens is 3. The van der Waals surface area contributed by atoms with Crippen molar-refractivity contribution in [3.63, 3.8) is 0 Å². The molecule has 0 radical (unpaired) electrons. The van der Waals surface area contributed by atoms with Gasteiger partial charge in [0.25, 0.3) is 0 Å². The van der Waals surface area contributed by atoms with E-state index in [0.717, 1.165) is 11.6 Å². The molecule has 0 spiro atoms. The van der Waals surface area contributed by atoms with E-state index in [1.165, 1.54) is 12.3 Å². The number of nitrogens with zero attached hydrogens (tertiary/aromatic N) is 1. The molecule has 3 rings (SSSR count). The number of hydrogen-bond acceptors (Lipinski definition) is 2. The minimum absolute atomic E-state index is 0.00170. The van der Waals surface area contributed by atoms with Crippen LogP contribution in [0.15, 0.2) is 42.6 Å². The highest BCUT2D eigenvalue weighted by Crippen LogP contribution is 2.36. The van der Waals surface area contributed by atoms with Crippen LogP contribution in [0.2, 0.25) is 0 Å². The average molecular weight is 306 g/mol. The van der Waals surface area contributed by atoms with E-state index >= 15 is 0 Å². The van der Waals surface area contributed by atoms with Gasteiger partial charge in [-0.3, -0.25) is 9.78 Å². The van der Waals surface area contributed by atoms with Crippen LogP contribution in [0.25, 0.3) is 11.3 Å². The summed E-state index contributed by atoms with van der Waals surface area (Å²) < 4.78 is 39.0. The molecule has 1 aromatic heterocycles. The Balaban J connectivity index is 1.92. The van der Waals surface area contributed by atoms with Crippen molar-refractivity contribution in [2.75, 3.05) is 6.54 Å². The summed E-state index contributed by atoms with van der Waals surface area (Å²) in [6.45, 7) is 0.565. The van der Waals surface area contributed by atoms with Crippen LogP contribution in [0.4, 0.5) is 13.2 Å². The van der Waals surface area contributed by atoms with Crippen molar-refractivity contribution in [2.45, 2.75) is 18.5 Å². The van der Waals surface area contributed by atoms with Gasteiger partial charge < -0.3 is 5.32 Å². The van der Waals surface area contributed by atoms with Gasteiger partial charge in [-0.2, -0.15) is 13.2 Å². The van der Waals surface area contributed by atoms with E-state index in [1.807, 2.05) is 0 Å². The third-order valence-corrected chi connectivity index (χ3v) is 3.75. The van der Waals surface area contributed by atoms with Crippen molar-refractivity contribution in [1.29, 1.82) is 0 Å². The number of alkyl halides is 3. The van der Waals surface area contributed by atoms with Crippen molar-refractivity contribution >= 4 is 5.91 Å². The fourth-order valence-electron chi connectivity index (χ4n) is 2.62. The van der Waals surface area contributed by atoms with Crippen LogP contribution in [0, 0.1) is 0 Å². The number of benzene rings is 1. The van der Waals surface area contributed by atoms with Crippen molar-refractivity contribution in [2.24, 2.45) is 0 Å². The van der Waals surface area contributed by atoms with Gasteiger partial charge in [0, 0.05) is 30.6 Å². The fourth-order valence-corrected chi connectivity index (χ4v) is 2.62. The van der Waals surface area contributed by atoms with Crippen LogP contribution in [0.3, 0.4) is 0 Å². The Morgan fingerprint density at radius 3 is 2.45 bits per heavy atom. The zero-order chi connectivity index (χ0) is 15.7. The first-order valence-electron chi connectivity index (χ1n) is 6.84. The number of carbonyl (C=O) groups excluding carboxylic acids is 1. The molecule has 3 nitrogen and oxygen atoms in total. The summed E-state index contributed by atoms with van der Waals surface area (Å²) in [6, 6.07) is 9.06. The van der Waals surface area contributed by atoms with E-state index in [2.05, 4.69) is 10.3 Å². The molecule has 1 unspecified atom stereocenters. The Labute approximate surface area is 125 Å².